The molecule has 2 heterocycles. The zero-order valence-corrected chi connectivity index (χ0v) is 16.2. The summed E-state index contributed by atoms with van der Waals surface area (Å²) in [6.07, 6.45) is 4.74. The Balaban J connectivity index is 0.00000288. The fourth-order valence-electron chi connectivity index (χ4n) is 3.86. The third-order valence-corrected chi connectivity index (χ3v) is 5.65. The molecule has 0 spiro atoms. The number of rotatable bonds is 4. The number of hydrogen-bond donors (Lipinski definition) is 1. The lowest BCUT2D eigenvalue weighted by Crippen LogP contribution is -2.54. The van der Waals surface area contributed by atoms with E-state index in [1.54, 1.807) is 0 Å². The van der Waals surface area contributed by atoms with Gasteiger partial charge in [-0.25, -0.2) is 0 Å². The highest BCUT2D eigenvalue weighted by Crippen LogP contribution is 2.27. The molecule has 0 bridgehead atoms. The van der Waals surface area contributed by atoms with Crippen LogP contribution in [0.4, 0.5) is 0 Å². The van der Waals surface area contributed by atoms with Gasteiger partial charge in [0.15, 0.2) is 0 Å². The highest BCUT2D eigenvalue weighted by molar-refractivity contribution is 5.85. The van der Waals surface area contributed by atoms with E-state index in [9.17, 15) is 9.59 Å². The Kier molecular flexibility index (Phi) is 8.51. The molecule has 0 aliphatic carbocycles. The SMILES string of the molecule is CCC(C)C(=O)N1CCCC(C(=O)N2CCC(C)CC2CN)C1.Cl. The smallest absolute Gasteiger partial charge is 0.227 e. The molecule has 0 aromatic carbocycles. The molecule has 2 aliphatic heterocycles. The molecule has 2 aliphatic rings. The molecule has 4 unspecified atom stereocenters. The fraction of sp³-hybridized carbons (Fsp3) is 0.889. The summed E-state index contributed by atoms with van der Waals surface area (Å²) in [4.78, 5) is 29.3. The minimum Gasteiger partial charge on any atom is -0.342 e. The molecule has 2 amide bonds. The zero-order chi connectivity index (χ0) is 17.0. The fourth-order valence-corrected chi connectivity index (χ4v) is 3.86. The second-order valence-corrected chi connectivity index (χ2v) is 7.48. The number of halogens is 1. The Labute approximate surface area is 152 Å². The highest BCUT2D eigenvalue weighted by Gasteiger charge is 2.36. The van der Waals surface area contributed by atoms with Crippen LogP contribution in [0.5, 0.6) is 0 Å². The monoisotopic (exact) mass is 359 g/mol. The summed E-state index contributed by atoms with van der Waals surface area (Å²) in [6.45, 7) is 8.99. The molecule has 0 radical (unpaired) electrons. The van der Waals surface area contributed by atoms with Crippen molar-refractivity contribution in [2.75, 3.05) is 26.2 Å². The number of hydrogen-bond acceptors (Lipinski definition) is 3. The highest BCUT2D eigenvalue weighted by atomic mass is 35.5. The first-order valence-corrected chi connectivity index (χ1v) is 9.27. The maximum atomic E-state index is 13.0. The van der Waals surface area contributed by atoms with Crippen LogP contribution in [0.25, 0.3) is 0 Å². The Morgan fingerprint density at radius 2 is 1.96 bits per heavy atom. The van der Waals surface area contributed by atoms with Crippen molar-refractivity contribution >= 4 is 24.2 Å². The van der Waals surface area contributed by atoms with Crippen LogP contribution >= 0.6 is 12.4 Å². The van der Waals surface area contributed by atoms with E-state index < -0.39 is 0 Å². The van der Waals surface area contributed by atoms with E-state index in [1.807, 2.05) is 23.6 Å². The molecule has 140 valence electrons. The molecule has 2 rings (SSSR count). The van der Waals surface area contributed by atoms with Crippen LogP contribution in [0.2, 0.25) is 0 Å². The van der Waals surface area contributed by atoms with E-state index in [-0.39, 0.29) is 42.1 Å². The maximum absolute atomic E-state index is 13.0. The van der Waals surface area contributed by atoms with E-state index in [1.165, 1.54) is 0 Å². The number of carbonyl (C=O) groups is 2. The Hall–Kier alpha value is -0.810. The van der Waals surface area contributed by atoms with Crippen LogP contribution in [0.15, 0.2) is 0 Å². The number of carbonyl (C=O) groups excluding carboxylic acids is 2. The van der Waals surface area contributed by atoms with Crippen molar-refractivity contribution in [3.8, 4) is 0 Å². The van der Waals surface area contributed by atoms with E-state index >= 15 is 0 Å². The molecular weight excluding hydrogens is 326 g/mol. The van der Waals surface area contributed by atoms with Crippen molar-refractivity contribution in [1.29, 1.82) is 0 Å². The normalized spacial score (nSPS) is 28.9. The van der Waals surface area contributed by atoms with E-state index in [0.717, 1.165) is 45.2 Å². The van der Waals surface area contributed by atoms with Gasteiger partial charge in [-0.3, -0.25) is 9.59 Å². The molecule has 2 fully saturated rings. The summed E-state index contributed by atoms with van der Waals surface area (Å²) in [7, 11) is 0. The summed E-state index contributed by atoms with van der Waals surface area (Å²) < 4.78 is 0. The lowest BCUT2D eigenvalue weighted by Gasteiger charge is -2.42. The minimum atomic E-state index is -0.0424. The molecule has 4 atom stereocenters. The molecule has 6 heteroatoms. The third kappa shape index (κ3) is 4.85. The summed E-state index contributed by atoms with van der Waals surface area (Å²) in [6, 6.07) is 0.173. The number of likely N-dealkylation sites (tertiary alicyclic amines) is 2. The van der Waals surface area contributed by atoms with Gasteiger partial charge < -0.3 is 15.5 Å². The Morgan fingerprint density at radius 1 is 1.25 bits per heavy atom. The number of nitrogens with two attached hydrogens (primary N) is 1. The summed E-state index contributed by atoms with van der Waals surface area (Å²) in [5.74, 6) is 1.07. The summed E-state index contributed by atoms with van der Waals surface area (Å²) in [5.41, 5.74) is 5.90. The average molecular weight is 360 g/mol. The molecule has 24 heavy (non-hydrogen) atoms. The lowest BCUT2D eigenvalue weighted by atomic mass is 9.89. The second-order valence-electron chi connectivity index (χ2n) is 7.48. The van der Waals surface area contributed by atoms with E-state index in [0.29, 0.717) is 19.0 Å². The molecule has 5 nitrogen and oxygen atoms in total. The molecule has 0 aromatic heterocycles. The predicted octanol–water partition coefficient (Wildman–Crippen LogP) is 2.28. The number of nitrogens with zero attached hydrogens (tertiary/aromatic N) is 2. The van der Waals surface area contributed by atoms with Crippen molar-refractivity contribution in [3.63, 3.8) is 0 Å². The summed E-state index contributed by atoms with van der Waals surface area (Å²) >= 11 is 0. The van der Waals surface area contributed by atoms with Gasteiger partial charge in [-0.1, -0.05) is 20.8 Å². The molecular formula is C18H34ClN3O2. The number of amides is 2. The largest absolute Gasteiger partial charge is 0.342 e. The van der Waals surface area contributed by atoms with Crippen LogP contribution < -0.4 is 5.73 Å². The average Bonchev–Trinajstić information content (AvgIpc) is 2.59. The van der Waals surface area contributed by atoms with Crippen LogP contribution in [-0.4, -0.2) is 53.8 Å². The Bertz CT molecular complexity index is 432. The van der Waals surface area contributed by atoms with Gasteiger partial charge in [0.2, 0.25) is 11.8 Å². The first-order chi connectivity index (χ1) is 11.0. The van der Waals surface area contributed by atoms with Gasteiger partial charge in [0, 0.05) is 38.1 Å². The van der Waals surface area contributed by atoms with Gasteiger partial charge in [0.05, 0.1) is 5.92 Å². The molecule has 2 saturated heterocycles. The van der Waals surface area contributed by atoms with Crippen LogP contribution in [0, 0.1) is 17.8 Å². The first kappa shape index (κ1) is 21.2. The van der Waals surface area contributed by atoms with Gasteiger partial charge in [-0.2, -0.15) is 0 Å². The van der Waals surface area contributed by atoms with Crippen LogP contribution in [0.1, 0.15) is 52.9 Å². The molecule has 0 saturated carbocycles. The van der Waals surface area contributed by atoms with Crippen molar-refractivity contribution in [2.24, 2.45) is 23.5 Å². The van der Waals surface area contributed by atoms with E-state index in [4.69, 9.17) is 5.73 Å². The van der Waals surface area contributed by atoms with Crippen molar-refractivity contribution in [2.45, 2.75) is 58.9 Å². The number of piperidine rings is 2. The predicted molar refractivity (Wildman–Crippen MR) is 99.0 cm³/mol. The van der Waals surface area contributed by atoms with Crippen molar-refractivity contribution in [1.82, 2.24) is 9.80 Å². The van der Waals surface area contributed by atoms with Gasteiger partial charge in [0.25, 0.3) is 0 Å². The lowest BCUT2D eigenvalue weighted by molar-refractivity contribution is -0.145. The Morgan fingerprint density at radius 3 is 2.58 bits per heavy atom. The third-order valence-electron chi connectivity index (χ3n) is 5.65. The second kappa shape index (κ2) is 9.62. The van der Waals surface area contributed by atoms with Crippen LogP contribution in [0.3, 0.4) is 0 Å². The van der Waals surface area contributed by atoms with Gasteiger partial charge in [0.1, 0.15) is 0 Å². The maximum Gasteiger partial charge on any atom is 0.227 e. The van der Waals surface area contributed by atoms with Gasteiger partial charge in [-0.05, 0) is 38.0 Å². The van der Waals surface area contributed by atoms with E-state index in [2.05, 4.69) is 6.92 Å². The first-order valence-electron chi connectivity index (χ1n) is 9.27. The molecule has 0 aromatic rings. The van der Waals surface area contributed by atoms with Crippen molar-refractivity contribution in [3.05, 3.63) is 0 Å². The minimum absolute atomic E-state index is 0. The van der Waals surface area contributed by atoms with Crippen molar-refractivity contribution < 1.29 is 9.59 Å². The molecule has 2 N–H and O–H groups in total. The van der Waals surface area contributed by atoms with Crippen LogP contribution in [-0.2, 0) is 9.59 Å². The zero-order valence-electron chi connectivity index (χ0n) is 15.4. The van der Waals surface area contributed by atoms with Gasteiger partial charge >= 0.3 is 0 Å². The topological polar surface area (TPSA) is 66.6 Å². The standard InChI is InChI=1S/C18H33N3O2.ClH/c1-4-14(3)17(22)20-8-5-6-15(12-20)18(23)21-9-7-13(2)10-16(21)11-19;/h13-16H,4-12,19H2,1-3H3;1H. The quantitative estimate of drug-likeness (QED) is 0.837. The summed E-state index contributed by atoms with van der Waals surface area (Å²) in [5, 5.41) is 0. The van der Waals surface area contributed by atoms with Gasteiger partial charge in [-0.15, -0.1) is 12.4 Å².